The molecule has 1 aliphatic rings. The monoisotopic (exact) mass is 247 g/mol. The van der Waals surface area contributed by atoms with Gasteiger partial charge in [-0.15, -0.1) is 0 Å². The van der Waals surface area contributed by atoms with Gasteiger partial charge in [-0.05, 0) is 23.8 Å². The molecule has 0 bridgehead atoms. The Bertz CT molecular complexity index is 400. The molecule has 1 N–H and O–H groups in total. The molecule has 1 aromatic carbocycles. The van der Waals surface area contributed by atoms with Crippen molar-refractivity contribution in [3.63, 3.8) is 0 Å². The minimum atomic E-state index is 0.0217. The van der Waals surface area contributed by atoms with Crippen molar-refractivity contribution in [3.05, 3.63) is 35.9 Å². The van der Waals surface area contributed by atoms with Crippen LogP contribution < -0.4 is 5.48 Å². The molecule has 1 unspecified atom stereocenters. The fourth-order valence-electron chi connectivity index (χ4n) is 2.65. The Morgan fingerprint density at radius 2 is 2.11 bits per heavy atom. The molecular formula is C15H21NO2. The SMILES string of the molecule is CC1(C)CCCC1C(=O)NOCc1ccccc1. The van der Waals surface area contributed by atoms with Crippen molar-refractivity contribution >= 4 is 5.91 Å². The predicted octanol–water partition coefficient (Wildman–Crippen LogP) is 3.06. The van der Waals surface area contributed by atoms with Crippen LogP contribution in [-0.4, -0.2) is 5.91 Å². The summed E-state index contributed by atoms with van der Waals surface area (Å²) >= 11 is 0. The van der Waals surface area contributed by atoms with Gasteiger partial charge in [-0.2, -0.15) is 0 Å². The van der Waals surface area contributed by atoms with Crippen LogP contribution in [0.2, 0.25) is 0 Å². The quantitative estimate of drug-likeness (QED) is 0.830. The summed E-state index contributed by atoms with van der Waals surface area (Å²) in [6.07, 6.45) is 3.21. The molecule has 3 heteroatoms. The molecule has 0 aromatic heterocycles. The van der Waals surface area contributed by atoms with Crippen molar-refractivity contribution in [1.82, 2.24) is 5.48 Å². The van der Waals surface area contributed by atoms with Gasteiger partial charge in [0.05, 0.1) is 6.61 Å². The Kier molecular flexibility index (Phi) is 4.02. The Labute approximate surface area is 108 Å². The second-order valence-corrected chi connectivity index (χ2v) is 5.67. The number of rotatable bonds is 4. The van der Waals surface area contributed by atoms with E-state index >= 15 is 0 Å². The first-order valence-electron chi connectivity index (χ1n) is 6.55. The first kappa shape index (κ1) is 13.1. The normalized spacial score (nSPS) is 21.8. The van der Waals surface area contributed by atoms with Gasteiger partial charge in [0.2, 0.25) is 5.91 Å². The molecule has 3 nitrogen and oxygen atoms in total. The lowest BCUT2D eigenvalue weighted by Crippen LogP contribution is -2.36. The number of carbonyl (C=O) groups excluding carboxylic acids is 1. The first-order valence-corrected chi connectivity index (χ1v) is 6.55. The zero-order chi connectivity index (χ0) is 13.0. The third kappa shape index (κ3) is 3.10. The fraction of sp³-hybridized carbons (Fsp3) is 0.533. The Morgan fingerprint density at radius 1 is 1.39 bits per heavy atom. The van der Waals surface area contributed by atoms with E-state index in [2.05, 4.69) is 19.3 Å². The second kappa shape index (κ2) is 5.53. The summed E-state index contributed by atoms with van der Waals surface area (Å²) in [5.74, 6) is 0.0988. The van der Waals surface area contributed by atoms with Gasteiger partial charge in [0.15, 0.2) is 0 Å². The van der Waals surface area contributed by atoms with Gasteiger partial charge in [0, 0.05) is 5.92 Å². The highest BCUT2D eigenvalue weighted by molar-refractivity contribution is 5.78. The van der Waals surface area contributed by atoms with Gasteiger partial charge in [0.1, 0.15) is 0 Å². The minimum absolute atomic E-state index is 0.0217. The molecule has 1 fully saturated rings. The lowest BCUT2D eigenvalue weighted by Gasteiger charge is -2.25. The molecule has 0 saturated heterocycles. The van der Waals surface area contributed by atoms with Gasteiger partial charge >= 0.3 is 0 Å². The average molecular weight is 247 g/mol. The topological polar surface area (TPSA) is 38.3 Å². The number of hydrogen-bond donors (Lipinski definition) is 1. The van der Waals surface area contributed by atoms with E-state index in [0.29, 0.717) is 6.61 Å². The molecule has 1 aromatic rings. The van der Waals surface area contributed by atoms with Crippen LogP contribution in [0.5, 0.6) is 0 Å². The van der Waals surface area contributed by atoms with Crippen molar-refractivity contribution in [2.24, 2.45) is 11.3 Å². The van der Waals surface area contributed by atoms with Crippen molar-refractivity contribution < 1.29 is 9.63 Å². The number of nitrogens with one attached hydrogen (secondary N) is 1. The molecule has 0 spiro atoms. The average Bonchev–Trinajstić information content (AvgIpc) is 2.70. The molecule has 0 aliphatic heterocycles. The summed E-state index contributed by atoms with van der Waals surface area (Å²) in [4.78, 5) is 17.3. The summed E-state index contributed by atoms with van der Waals surface area (Å²) in [7, 11) is 0. The van der Waals surface area contributed by atoms with Gasteiger partial charge in [-0.3, -0.25) is 9.63 Å². The standard InChI is InChI=1S/C15H21NO2/c1-15(2)10-6-9-13(15)14(17)16-18-11-12-7-4-3-5-8-12/h3-5,7-8,13H,6,9-11H2,1-2H3,(H,16,17). The Hall–Kier alpha value is -1.35. The van der Waals surface area contributed by atoms with E-state index in [4.69, 9.17) is 4.84 Å². The highest BCUT2D eigenvalue weighted by Gasteiger charge is 2.39. The van der Waals surface area contributed by atoms with Crippen molar-refractivity contribution in [2.45, 2.75) is 39.7 Å². The molecule has 0 heterocycles. The van der Waals surface area contributed by atoms with Crippen LogP contribution in [-0.2, 0) is 16.2 Å². The molecule has 1 saturated carbocycles. The molecule has 98 valence electrons. The Morgan fingerprint density at radius 3 is 2.72 bits per heavy atom. The first-order chi connectivity index (χ1) is 8.59. The van der Waals surface area contributed by atoms with Crippen LogP contribution in [0.1, 0.15) is 38.7 Å². The van der Waals surface area contributed by atoms with Gasteiger partial charge < -0.3 is 0 Å². The summed E-state index contributed by atoms with van der Waals surface area (Å²) in [6, 6.07) is 9.83. The fourth-order valence-corrected chi connectivity index (χ4v) is 2.65. The van der Waals surface area contributed by atoms with E-state index in [0.717, 1.165) is 24.8 Å². The zero-order valence-corrected chi connectivity index (χ0v) is 11.1. The zero-order valence-electron chi connectivity index (χ0n) is 11.1. The van der Waals surface area contributed by atoms with Gasteiger partial charge in [-0.25, -0.2) is 5.48 Å². The molecule has 1 amide bonds. The highest BCUT2D eigenvalue weighted by atomic mass is 16.6. The summed E-state index contributed by atoms with van der Waals surface area (Å²) in [5, 5.41) is 0. The van der Waals surface area contributed by atoms with E-state index in [1.54, 1.807) is 0 Å². The molecule has 18 heavy (non-hydrogen) atoms. The summed E-state index contributed by atoms with van der Waals surface area (Å²) in [5.41, 5.74) is 3.75. The van der Waals surface area contributed by atoms with Gasteiger partial charge in [0.25, 0.3) is 0 Å². The molecule has 1 atom stereocenters. The number of carbonyl (C=O) groups is 1. The summed E-state index contributed by atoms with van der Waals surface area (Å²) < 4.78 is 0. The van der Waals surface area contributed by atoms with Crippen molar-refractivity contribution in [2.75, 3.05) is 0 Å². The number of hydroxylamine groups is 1. The summed E-state index contributed by atoms with van der Waals surface area (Å²) in [6.45, 7) is 4.72. The number of benzene rings is 1. The lowest BCUT2D eigenvalue weighted by molar-refractivity contribution is -0.141. The smallest absolute Gasteiger partial charge is 0.247 e. The maximum absolute atomic E-state index is 12.0. The largest absolute Gasteiger partial charge is 0.272 e. The van der Waals surface area contributed by atoms with Crippen LogP contribution in [0, 0.1) is 11.3 Å². The third-order valence-electron chi connectivity index (χ3n) is 3.83. The van der Waals surface area contributed by atoms with Crippen LogP contribution in [0.4, 0.5) is 0 Å². The van der Waals surface area contributed by atoms with Crippen molar-refractivity contribution in [3.8, 4) is 0 Å². The lowest BCUT2D eigenvalue weighted by atomic mass is 9.81. The Balaban J connectivity index is 1.79. The molecular weight excluding hydrogens is 226 g/mol. The van der Waals surface area contributed by atoms with Crippen LogP contribution in [0.25, 0.3) is 0 Å². The van der Waals surface area contributed by atoms with Crippen LogP contribution >= 0.6 is 0 Å². The van der Waals surface area contributed by atoms with Crippen LogP contribution in [0.3, 0.4) is 0 Å². The van der Waals surface area contributed by atoms with Crippen LogP contribution in [0.15, 0.2) is 30.3 Å². The third-order valence-corrected chi connectivity index (χ3v) is 3.83. The van der Waals surface area contributed by atoms with E-state index < -0.39 is 0 Å². The van der Waals surface area contributed by atoms with E-state index in [1.165, 1.54) is 0 Å². The van der Waals surface area contributed by atoms with Crippen molar-refractivity contribution in [1.29, 1.82) is 0 Å². The van der Waals surface area contributed by atoms with E-state index in [1.807, 2.05) is 30.3 Å². The molecule has 0 radical (unpaired) electrons. The number of hydrogen-bond acceptors (Lipinski definition) is 2. The van der Waals surface area contributed by atoms with E-state index in [9.17, 15) is 4.79 Å². The minimum Gasteiger partial charge on any atom is -0.272 e. The van der Waals surface area contributed by atoms with E-state index in [-0.39, 0.29) is 17.2 Å². The number of amides is 1. The van der Waals surface area contributed by atoms with Gasteiger partial charge in [-0.1, -0.05) is 50.6 Å². The predicted molar refractivity (Wildman–Crippen MR) is 70.5 cm³/mol. The highest BCUT2D eigenvalue weighted by Crippen LogP contribution is 2.42. The molecule has 2 rings (SSSR count). The maximum Gasteiger partial charge on any atom is 0.247 e. The molecule has 1 aliphatic carbocycles. The second-order valence-electron chi connectivity index (χ2n) is 5.67. The maximum atomic E-state index is 12.0.